The van der Waals surface area contributed by atoms with E-state index in [1.165, 1.54) is 0 Å². The number of benzene rings is 3. The number of H-pyrrole nitrogens is 1. The monoisotopic (exact) mass is 322 g/mol. The van der Waals surface area contributed by atoms with Gasteiger partial charge in [0.2, 0.25) is 0 Å². The van der Waals surface area contributed by atoms with Crippen LogP contribution < -0.4 is 4.74 Å². The molecule has 0 atom stereocenters. The van der Waals surface area contributed by atoms with E-state index in [0.717, 1.165) is 44.8 Å². The Kier molecular flexibility index (Phi) is 3.64. The third kappa shape index (κ3) is 2.76. The molecular formula is C19H15ClN2O. The summed E-state index contributed by atoms with van der Waals surface area (Å²) < 4.78 is 5.96. The molecule has 0 aliphatic heterocycles. The predicted octanol–water partition coefficient (Wildman–Crippen LogP) is 4.99. The van der Waals surface area contributed by atoms with Crippen molar-refractivity contribution in [2.45, 2.75) is 6.42 Å². The second-order valence-electron chi connectivity index (χ2n) is 5.39. The average molecular weight is 323 g/mol. The van der Waals surface area contributed by atoms with Crippen molar-refractivity contribution in [3.8, 4) is 5.75 Å². The largest absolute Gasteiger partial charge is 0.492 e. The van der Waals surface area contributed by atoms with Crippen molar-refractivity contribution in [3.63, 3.8) is 0 Å². The molecule has 0 bridgehead atoms. The molecule has 0 unspecified atom stereocenters. The smallest absolute Gasteiger partial charge is 0.127 e. The van der Waals surface area contributed by atoms with Crippen LogP contribution in [-0.4, -0.2) is 16.6 Å². The van der Waals surface area contributed by atoms with Crippen LogP contribution in [-0.2, 0) is 6.42 Å². The van der Waals surface area contributed by atoms with E-state index in [4.69, 9.17) is 16.3 Å². The molecule has 0 saturated heterocycles. The molecule has 0 aliphatic rings. The van der Waals surface area contributed by atoms with Crippen molar-refractivity contribution in [1.29, 1.82) is 0 Å². The van der Waals surface area contributed by atoms with Crippen LogP contribution in [0.2, 0.25) is 5.02 Å². The molecule has 1 heterocycles. The van der Waals surface area contributed by atoms with E-state index in [1.54, 1.807) is 0 Å². The van der Waals surface area contributed by atoms with E-state index in [2.05, 4.69) is 9.97 Å². The highest BCUT2D eigenvalue weighted by Crippen LogP contribution is 2.31. The van der Waals surface area contributed by atoms with Crippen molar-refractivity contribution in [1.82, 2.24) is 9.97 Å². The Bertz CT molecular complexity index is 944. The van der Waals surface area contributed by atoms with Crippen molar-refractivity contribution in [2.24, 2.45) is 0 Å². The molecule has 1 aromatic heterocycles. The minimum Gasteiger partial charge on any atom is -0.492 e. The number of nitrogens with zero attached hydrogens (tertiary/aromatic N) is 1. The number of rotatable bonds is 4. The molecule has 0 spiro atoms. The highest BCUT2D eigenvalue weighted by atomic mass is 35.5. The van der Waals surface area contributed by atoms with E-state index in [0.29, 0.717) is 6.61 Å². The highest BCUT2D eigenvalue weighted by molar-refractivity contribution is 6.35. The normalized spacial score (nSPS) is 11.2. The van der Waals surface area contributed by atoms with Gasteiger partial charge < -0.3 is 9.72 Å². The van der Waals surface area contributed by atoms with Crippen LogP contribution in [0.5, 0.6) is 5.75 Å². The Labute approximate surface area is 138 Å². The van der Waals surface area contributed by atoms with Gasteiger partial charge in [0.1, 0.15) is 11.6 Å². The van der Waals surface area contributed by atoms with Gasteiger partial charge in [0.25, 0.3) is 0 Å². The Hall–Kier alpha value is -2.52. The third-order valence-corrected chi connectivity index (χ3v) is 4.20. The van der Waals surface area contributed by atoms with Gasteiger partial charge >= 0.3 is 0 Å². The van der Waals surface area contributed by atoms with Gasteiger partial charge in [0, 0.05) is 22.2 Å². The Balaban J connectivity index is 1.52. The summed E-state index contributed by atoms with van der Waals surface area (Å²) in [4.78, 5) is 7.88. The van der Waals surface area contributed by atoms with Crippen LogP contribution in [0.15, 0.2) is 60.7 Å². The van der Waals surface area contributed by atoms with Gasteiger partial charge in [0.15, 0.2) is 0 Å². The standard InChI is InChI=1S/C19H15ClN2O/c20-15-9-10-18(14-6-2-1-5-13(14)15)23-12-11-19-21-16-7-3-4-8-17(16)22-19/h1-10H,11-12H2,(H,21,22). The van der Waals surface area contributed by atoms with Gasteiger partial charge in [-0.2, -0.15) is 0 Å². The van der Waals surface area contributed by atoms with E-state index in [-0.39, 0.29) is 0 Å². The molecule has 0 aliphatic carbocycles. The van der Waals surface area contributed by atoms with Crippen LogP contribution >= 0.6 is 11.6 Å². The Morgan fingerprint density at radius 2 is 1.70 bits per heavy atom. The number of nitrogens with one attached hydrogen (secondary N) is 1. The quantitative estimate of drug-likeness (QED) is 0.574. The van der Waals surface area contributed by atoms with Crippen molar-refractivity contribution < 1.29 is 4.74 Å². The third-order valence-electron chi connectivity index (χ3n) is 3.87. The fourth-order valence-corrected chi connectivity index (χ4v) is 2.97. The SMILES string of the molecule is Clc1ccc(OCCc2nc3ccccc3[nH]2)c2ccccc12. The first-order valence-corrected chi connectivity index (χ1v) is 7.93. The fourth-order valence-electron chi connectivity index (χ4n) is 2.74. The molecule has 0 amide bonds. The summed E-state index contributed by atoms with van der Waals surface area (Å²) in [5.41, 5.74) is 2.04. The van der Waals surface area contributed by atoms with Crippen LogP contribution in [0.3, 0.4) is 0 Å². The van der Waals surface area contributed by atoms with Gasteiger partial charge in [-0.05, 0) is 24.3 Å². The summed E-state index contributed by atoms with van der Waals surface area (Å²) in [5, 5.41) is 2.78. The number of halogens is 1. The zero-order valence-corrected chi connectivity index (χ0v) is 13.2. The molecule has 114 valence electrons. The van der Waals surface area contributed by atoms with E-state index in [9.17, 15) is 0 Å². The van der Waals surface area contributed by atoms with Gasteiger partial charge in [-0.15, -0.1) is 0 Å². The maximum absolute atomic E-state index is 6.23. The number of imidazole rings is 1. The Morgan fingerprint density at radius 1 is 0.913 bits per heavy atom. The number of aromatic nitrogens is 2. The molecule has 0 radical (unpaired) electrons. The number of para-hydroxylation sites is 2. The number of hydrogen-bond donors (Lipinski definition) is 1. The number of hydrogen-bond acceptors (Lipinski definition) is 2. The Morgan fingerprint density at radius 3 is 2.57 bits per heavy atom. The zero-order chi connectivity index (χ0) is 15.6. The first-order chi connectivity index (χ1) is 11.3. The van der Waals surface area contributed by atoms with Crippen molar-refractivity contribution in [3.05, 3.63) is 71.5 Å². The van der Waals surface area contributed by atoms with Gasteiger partial charge in [-0.25, -0.2) is 4.98 Å². The fraction of sp³-hybridized carbons (Fsp3) is 0.105. The lowest BCUT2D eigenvalue weighted by atomic mass is 10.1. The molecule has 4 aromatic rings. The summed E-state index contributed by atoms with van der Waals surface area (Å²) in [6.07, 6.45) is 0.728. The minimum atomic E-state index is 0.561. The number of aromatic amines is 1. The first kappa shape index (κ1) is 14.1. The van der Waals surface area contributed by atoms with Crippen LogP contribution in [0.25, 0.3) is 21.8 Å². The van der Waals surface area contributed by atoms with E-state index >= 15 is 0 Å². The second kappa shape index (κ2) is 5.94. The lowest BCUT2D eigenvalue weighted by molar-refractivity contribution is 0.323. The summed E-state index contributed by atoms with van der Waals surface area (Å²) in [7, 11) is 0. The van der Waals surface area contributed by atoms with Crippen molar-refractivity contribution in [2.75, 3.05) is 6.61 Å². The molecule has 3 aromatic carbocycles. The van der Waals surface area contributed by atoms with E-state index < -0.39 is 0 Å². The molecule has 0 fully saturated rings. The highest BCUT2D eigenvalue weighted by Gasteiger charge is 2.06. The topological polar surface area (TPSA) is 37.9 Å². The van der Waals surface area contributed by atoms with Crippen LogP contribution in [0, 0.1) is 0 Å². The molecule has 3 nitrogen and oxygen atoms in total. The van der Waals surface area contributed by atoms with Gasteiger partial charge in [-0.1, -0.05) is 48.0 Å². The lowest BCUT2D eigenvalue weighted by Crippen LogP contribution is -2.03. The summed E-state index contributed by atoms with van der Waals surface area (Å²) in [5.74, 6) is 1.78. The molecule has 0 saturated carbocycles. The molecular weight excluding hydrogens is 308 g/mol. The first-order valence-electron chi connectivity index (χ1n) is 7.55. The molecule has 23 heavy (non-hydrogen) atoms. The van der Waals surface area contributed by atoms with Gasteiger partial charge in [-0.3, -0.25) is 0 Å². The van der Waals surface area contributed by atoms with E-state index in [1.807, 2.05) is 60.7 Å². The number of fused-ring (bicyclic) bond motifs is 2. The lowest BCUT2D eigenvalue weighted by Gasteiger charge is -2.09. The zero-order valence-electron chi connectivity index (χ0n) is 12.4. The maximum atomic E-state index is 6.23. The number of ether oxygens (including phenoxy) is 1. The predicted molar refractivity (Wildman–Crippen MR) is 94.3 cm³/mol. The molecule has 4 heteroatoms. The summed E-state index contributed by atoms with van der Waals surface area (Å²) in [6.45, 7) is 0.561. The minimum absolute atomic E-state index is 0.561. The molecule has 1 N–H and O–H groups in total. The van der Waals surface area contributed by atoms with Gasteiger partial charge in [0.05, 0.1) is 17.6 Å². The second-order valence-corrected chi connectivity index (χ2v) is 5.80. The average Bonchev–Trinajstić information content (AvgIpc) is 3.00. The van der Waals surface area contributed by atoms with Crippen LogP contribution in [0.4, 0.5) is 0 Å². The summed E-state index contributed by atoms with van der Waals surface area (Å²) >= 11 is 6.23. The van der Waals surface area contributed by atoms with Crippen molar-refractivity contribution >= 4 is 33.4 Å². The molecule has 4 rings (SSSR count). The summed E-state index contributed by atoms with van der Waals surface area (Å²) in [6, 6.07) is 19.8. The maximum Gasteiger partial charge on any atom is 0.127 e. The van der Waals surface area contributed by atoms with Crippen LogP contribution in [0.1, 0.15) is 5.82 Å².